The van der Waals surface area contributed by atoms with Gasteiger partial charge >= 0.3 is 0 Å². The monoisotopic (exact) mass is 345 g/mol. The molecule has 0 radical (unpaired) electrons. The van der Waals surface area contributed by atoms with Crippen LogP contribution in [0.4, 0.5) is 5.82 Å². The molecule has 1 aliphatic rings. The first-order valence-electron chi connectivity index (χ1n) is 8.66. The van der Waals surface area contributed by atoms with Crippen molar-refractivity contribution in [1.82, 2.24) is 20.3 Å². The molecular formula is C20H19N5O. The third-order valence-electron chi connectivity index (χ3n) is 4.10. The average Bonchev–Trinajstić information content (AvgIpc) is 3.51. The molecule has 1 aromatic carbocycles. The largest absolute Gasteiger partial charge is 0.367 e. The minimum atomic E-state index is -0.229. The maximum atomic E-state index is 12.6. The number of carbonyl (C=O) groups excluding carboxylic acids is 1. The van der Waals surface area contributed by atoms with Gasteiger partial charge in [-0.05, 0) is 24.5 Å². The summed E-state index contributed by atoms with van der Waals surface area (Å²) in [6, 6.07) is 15.6. The maximum absolute atomic E-state index is 12.6. The van der Waals surface area contributed by atoms with Gasteiger partial charge in [-0.1, -0.05) is 36.4 Å². The summed E-state index contributed by atoms with van der Waals surface area (Å²) in [4.78, 5) is 25.7. The van der Waals surface area contributed by atoms with Crippen LogP contribution in [0.15, 0.2) is 60.9 Å². The zero-order valence-corrected chi connectivity index (χ0v) is 14.2. The van der Waals surface area contributed by atoms with E-state index in [4.69, 9.17) is 0 Å². The van der Waals surface area contributed by atoms with Gasteiger partial charge in [0.1, 0.15) is 11.5 Å². The summed E-state index contributed by atoms with van der Waals surface area (Å²) in [6.45, 7) is 0.405. The van der Waals surface area contributed by atoms with Crippen LogP contribution in [0, 0.1) is 0 Å². The van der Waals surface area contributed by atoms with Crippen LogP contribution in [0.3, 0.4) is 0 Å². The molecule has 1 saturated carbocycles. The summed E-state index contributed by atoms with van der Waals surface area (Å²) in [5.74, 6) is 1.00. The zero-order valence-electron chi connectivity index (χ0n) is 14.2. The predicted octanol–water partition coefficient (Wildman–Crippen LogP) is 3.04. The fraction of sp³-hybridized carbons (Fsp3) is 0.200. The van der Waals surface area contributed by atoms with Crippen molar-refractivity contribution in [2.45, 2.75) is 25.4 Å². The van der Waals surface area contributed by atoms with Crippen molar-refractivity contribution in [3.05, 3.63) is 72.2 Å². The molecule has 0 atom stereocenters. The molecule has 2 aromatic heterocycles. The average molecular weight is 345 g/mol. The Morgan fingerprint density at radius 2 is 1.92 bits per heavy atom. The number of nitrogens with one attached hydrogen (secondary N) is 2. The van der Waals surface area contributed by atoms with Gasteiger partial charge in [-0.25, -0.2) is 9.97 Å². The lowest BCUT2D eigenvalue weighted by Crippen LogP contribution is -2.24. The first-order chi connectivity index (χ1) is 12.8. The Balaban J connectivity index is 1.58. The van der Waals surface area contributed by atoms with E-state index in [9.17, 15) is 4.79 Å². The van der Waals surface area contributed by atoms with Gasteiger partial charge in [0.05, 0.1) is 0 Å². The highest BCUT2D eigenvalue weighted by Crippen LogP contribution is 2.25. The van der Waals surface area contributed by atoms with Crippen molar-refractivity contribution < 1.29 is 4.79 Å². The van der Waals surface area contributed by atoms with Crippen LogP contribution < -0.4 is 10.6 Å². The Kier molecular flexibility index (Phi) is 4.55. The summed E-state index contributed by atoms with van der Waals surface area (Å²) >= 11 is 0. The van der Waals surface area contributed by atoms with E-state index >= 15 is 0 Å². The fourth-order valence-corrected chi connectivity index (χ4v) is 2.57. The molecule has 0 aliphatic heterocycles. The van der Waals surface area contributed by atoms with Crippen LogP contribution in [0.25, 0.3) is 11.4 Å². The van der Waals surface area contributed by atoms with Crippen molar-refractivity contribution in [3.63, 3.8) is 0 Å². The Hall–Kier alpha value is -3.28. The predicted molar refractivity (Wildman–Crippen MR) is 99.5 cm³/mol. The van der Waals surface area contributed by atoms with Gasteiger partial charge in [-0.15, -0.1) is 0 Å². The zero-order chi connectivity index (χ0) is 17.8. The van der Waals surface area contributed by atoms with Gasteiger partial charge in [0, 0.05) is 36.6 Å². The third kappa shape index (κ3) is 4.03. The second-order valence-electron chi connectivity index (χ2n) is 6.29. The molecular weight excluding hydrogens is 326 g/mol. The summed E-state index contributed by atoms with van der Waals surface area (Å²) in [7, 11) is 0. The number of pyridine rings is 1. The van der Waals surface area contributed by atoms with Crippen molar-refractivity contribution >= 4 is 11.7 Å². The Bertz CT molecular complexity index is 895. The summed E-state index contributed by atoms with van der Waals surface area (Å²) in [5.41, 5.74) is 2.17. The van der Waals surface area contributed by atoms with Crippen LogP contribution in [0.1, 0.15) is 28.9 Å². The molecule has 6 heteroatoms. The molecule has 2 heterocycles. The molecule has 4 rings (SSSR count). The standard InChI is InChI=1S/C20H19N5O/c26-20(22-13-14-5-4-10-21-12-14)17-11-18(23-16-8-9-16)25-19(24-17)15-6-2-1-3-7-15/h1-7,10-12,16H,8-9,13H2,(H,22,26)(H,23,24,25). The molecule has 0 saturated heterocycles. The topological polar surface area (TPSA) is 79.8 Å². The van der Waals surface area contributed by atoms with Crippen molar-refractivity contribution in [2.24, 2.45) is 0 Å². The normalized spacial score (nSPS) is 13.2. The molecule has 26 heavy (non-hydrogen) atoms. The van der Waals surface area contributed by atoms with E-state index in [2.05, 4.69) is 25.6 Å². The second kappa shape index (κ2) is 7.31. The minimum Gasteiger partial charge on any atom is -0.367 e. The van der Waals surface area contributed by atoms with Crippen molar-refractivity contribution in [2.75, 3.05) is 5.32 Å². The number of carbonyl (C=O) groups is 1. The molecule has 0 spiro atoms. The molecule has 1 fully saturated rings. The van der Waals surface area contributed by atoms with E-state index in [-0.39, 0.29) is 5.91 Å². The first-order valence-corrected chi connectivity index (χ1v) is 8.66. The number of nitrogens with zero attached hydrogens (tertiary/aromatic N) is 3. The molecule has 0 bridgehead atoms. The smallest absolute Gasteiger partial charge is 0.270 e. The van der Waals surface area contributed by atoms with E-state index in [0.29, 0.717) is 29.9 Å². The van der Waals surface area contributed by atoms with Gasteiger partial charge in [0.25, 0.3) is 5.91 Å². The van der Waals surface area contributed by atoms with Gasteiger partial charge in [0.15, 0.2) is 5.82 Å². The highest BCUT2D eigenvalue weighted by atomic mass is 16.1. The van der Waals surface area contributed by atoms with Crippen LogP contribution in [-0.2, 0) is 6.54 Å². The van der Waals surface area contributed by atoms with E-state index in [1.165, 1.54) is 0 Å². The number of anilines is 1. The summed E-state index contributed by atoms with van der Waals surface area (Å²) in [5, 5.41) is 6.25. The van der Waals surface area contributed by atoms with Gasteiger partial charge in [-0.3, -0.25) is 9.78 Å². The second-order valence-corrected chi connectivity index (χ2v) is 6.29. The van der Waals surface area contributed by atoms with E-state index in [1.807, 2.05) is 42.5 Å². The molecule has 1 amide bonds. The summed E-state index contributed by atoms with van der Waals surface area (Å²) < 4.78 is 0. The number of hydrogen-bond acceptors (Lipinski definition) is 5. The molecule has 0 unspecified atom stereocenters. The van der Waals surface area contributed by atoms with Crippen LogP contribution >= 0.6 is 0 Å². The lowest BCUT2D eigenvalue weighted by atomic mass is 10.2. The highest BCUT2D eigenvalue weighted by molar-refractivity contribution is 5.93. The van der Waals surface area contributed by atoms with E-state index < -0.39 is 0 Å². The van der Waals surface area contributed by atoms with Gasteiger partial charge in [0.2, 0.25) is 0 Å². The molecule has 130 valence electrons. The van der Waals surface area contributed by atoms with Crippen LogP contribution in [0.2, 0.25) is 0 Å². The number of hydrogen-bond donors (Lipinski definition) is 2. The molecule has 2 N–H and O–H groups in total. The number of rotatable bonds is 6. The highest BCUT2D eigenvalue weighted by Gasteiger charge is 2.22. The van der Waals surface area contributed by atoms with E-state index in [1.54, 1.807) is 18.5 Å². The quantitative estimate of drug-likeness (QED) is 0.718. The van der Waals surface area contributed by atoms with Crippen LogP contribution in [0.5, 0.6) is 0 Å². The molecule has 6 nitrogen and oxygen atoms in total. The third-order valence-corrected chi connectivity index (χ3v) is 4.10. The summed E-state index contributed by atoms with van der Waals surface area (Å²) in [6.07, 6.45) is 5.70. The Morgan fingerprint density at radius 3 is 2.65 bits per heavy atom. The van der Waals surface area contributed by atoms with Crippen molar-refractivity contribution in [3.8, 4) is 11.4 Å². The number of aromatic nitrogens is 3. The first kappa shape index (κ1) is 16.2. The lowest BCUT2D eigenvalue weighted by molar-refractivity contribution is 0.0946. The number of benzene rings is 1. The van der Waals surface area contributed by atoms with Crippen molar-refractivity contribution in [1.29, 1.82) is 0 Å². The maximum Gasteiger partial charge on any atom is 0.270 e. The van der Waals surface area contributed by atoms with E-state index in [0.717, 1.165) is 24.0 Å². The van der Waals surface area contributed by atoms with Gasteiger partial charge in [-0.2, -0.15) is 0 Å². The SMILES string of the molecule is O=C(NCc1cccnc1)c1cc(NC2CC2)nc(-c2ccccc2)n1. The van der Waals surface area contributed by atoms with Gasteiger partial charge < -0.3 is 10.6 Å². The Morgan fingerprint density at radius 1 is 1.08 bits per heavy atom. The fourth-order valence-electron chi connectivity index (χ4n) is 2.57. The Labute approximate surface area is 151 Å². The minimum absolute atomic E-state index is 0.229. The van der Waals surface area contributed by atoms with Crippen LogP contribution in [-0.4, -0.2) is 26.9 Å². The molecule has 3 aromatic rings. The lowest BCUT2D eigenvalue weighted by Gasteiger charge is -2.10. The molecule has 1 aliphatic carbocycles. The number of amides is 1.